The monoisotopic (exact) mass is 425 g/mol. The summed E-state index contributed by atoms with van der Waals surface area (Å²) in [6, 6.07) is 15.4. The van der Waals surface area contributed by atoms with Gasteiger partial charge in [0, 0.05) is 24.2 Å². The minimum absolute atomic E-state index is 0.00263. The molecule has 2 aromatic rings. The van der Waals surface area contributed by atoms with Gasteiger partial charge in [0.05, 0.1) is 11.3 Å². The van der Waals surface area contributed by atoms with Crippen molar-refractivity contribution in [1.29, 1.82) is 0 Å². The van der Waals surface area contributed by atoms with Gasteiger partial charge in [-0.3, -0.25) is 19.7 Å². The molecule has 2 rings (SSSR count). The normalized spacial score (nSPS) is 12.6. The van der Waals surface area contributed by atoms with E-state index in [-0.39, 0.29) is 30.0 Å². The van der Waals surface area contributed by atoms with Crippen LogP contribution in [-0.4, -0.2) is 40.3 Å². The molecule has 7 nitrogen and oxygen atoms in total. The number of nitro benzene ring substituents is 1. The van der Waals surface area contributed by atoms with Gasteiger partial charge in [-0.05, 0) is 31.7 Å². The summed E-state index contributed by atoms with van der Waals surface area (Å²) in [6.07, 6.45) is 1.71. The molecular formula is C24H31N3O4. The summed E-state index contributed by atoms with van der Waals surface area (Å²) < 4.78 is 0. The van der Waals surface area contributed by atoms with E-state index in [0.29, 0.717) is 24.9 Å². The zero-order valence-corrected chi connectivity index (χ0v) is 18.4. The van der Waals surface area contributed by atoms with Crippen molar-refractivity contribution in [2.24, 2.45) is 0 Å². The number of hydrogen-bond donors (Lipinski definition) is 1. The number of nitrogens with zero attached hydrogens (tertiary/aromatic N) is 2. The van der Waals surface area contributed by atoms with Gasteiger partial charge in [-0.2, -0.15) is 0 Å². The molecule has 166 valence electrons. The van der Waals surface area contributed by atoms with E-state index in [0.717, 1.165) is 12.0 Å². The summed E-state index contributed by atoms with van der Waals surface area (Å²) in [5.41, 5.74) is 1.32. The van der Waals surface area contributed by atoms with Crippen LogP contribution in [0.1, 0.15) is 44.7 Å². The number of benzene rings is 2. The fourth-order valence-corrected chi connectivity index (χ4v) is 3.44. The Kier molecular flexibility index (Phi) is 9.18. The first-order valence-corrected chi connectivity index (χ1v) is 10.7. The second-order valence-corrected chi connectivity index (χ2v) is 7.63. The van der Waals surface area contributed by atoms with Crippen LogP contribution in [0.15, 0.2) is 54.6 Å². The number of carbonyl (C=O) groups is 2. The number of nitrogens with one attached hydrogen (secondary N) is 1. The number of nitro groups is 1. The molecule has 1 N–H and O–H groups in total. The predicted molar refractivity (Wildman–Crippen MR) is 121 cm³/mol. The molecule has 0 radical (unpaired) electrons. The lowest BCUT2D eigenvalue weighted by atomic mass is 10.0. The van der Waals surface area contributed by atoms with Crippen LogP contribution < -0.4 is 5.32 Å². The highest BCUT2D eigenvalue weighted by Gasteiger charge is 2.30. The number of carbonyl (C=O) groups excluding carboxylic acids is 2. The van der Waals surface area contributed by atoms with Crippen LogP contribution in [-0.2, 0) is 22.4 Å². The van der Waals surface area contributed by atoms with Crippen molar-refractivity contribution in [3.63, 3.8) is 0 Å². The maximum absolute atomic E-state index is 13.3. The molecular weight excluding hydrogens is 394 g/mol. The molecule has 2 amide bonds. The van der Waals surface area contributed by atoms with Gasteiger partial charge in [0.1, 0.15) is 6.04 Å². The third-order valence-corrected chi connectivity index (χ3v) is 5.40. The fourth-order valence-electron chi connectivity index (χ4n) is 3.44. The van der Waals surface area contributed by atoms with E-state index in [9.17, 15) is 19.7 Å². The van der Waals surface area contributed by atoms with Gasteiger partial charge < -0.3 is 10.2 Å². The van der Waals surface area contributed by atoms with Crippen LogP contribution in [0.4, 0.5) is 5.69 Å². The van der Waals surface area contributed by atoms with E-state index < -0.39 is 11.0 Å². The Morgan fingerprint density at radius 2 is 1.68 bits per heavy atom. The van der Waals surface area contributed by atoms with E-state index in [1.54, 1.807) is 23.1 Å². The van der Waals surface area contributed by atoms with Crippen LogP contribution in [0.25, 0.3) is 0 Å². The van der Waals surface area contributed by atoms with Gasteiger partial charge in [-0.1, -0.05) is 62.4 Å². The molecule has 0 saturated carbocycles. The average molecular weight is 426 g/mol. The summed E-state index contributed by atoms with van der Waals surface area (Å²) in [6.45, 7) is 6.14. The second kappa shape index (κ2) is 11.8. The Bertz CT molecular complexity index is 885. The molecule has 0 fully saturated rings. The minimum Gasteiger partial charge on any atom is -0.352 e. The maximum atomic E-state index is 13.3. The van der Waals surface area contributed by atoms with Crippen molar-refractivity contribution in [2.75, 3.05) is 6.54 Å². The average Bonchev–Trinajstić information content (AvgIpc) is 2.77. The van der Waals surface area contributed by atoms with Gasteiger partial charge in [0.15, 0.2) is 0 Å². The van der Waals surface area contributed by atoms with Crippen molar-refractivity contribution < 1.29 is 14.5 Å². The Balaban J connectivity index is 2.27. The molecule has 2 atom stereocenters. The van der Waals surface area contributed by atoms with Gasteiger partial charge >= 0.3 is 0 Å². The lowest BCUT2D eigenvalue weighted by Gasteiger charge is -2.31. The molecule has 7 heteroatoms. The number of para-hydroxylation sites is 1. The van der Waals surface area contributed by atoms with Crippen molar-refractivity contribution in [3.8, 4) is 0 Å². The standard InChI is InChI=1S/C24H31N3O4/c1-4-18(3)25-24(29)21(5-2)26(16-15-19-11-7-6-8-12-19)23(28)17-20-13-9-10-14-22(20)27(30)31/h6-14,18,21H,4-5,15-17H2,1-3H3,(H,25,29)/t18-,21-/m1/s1. The predicted octanol–water partition coefficient (Wildman–Crippen LogP) is 3.90. The van der Waals surface area contributed by atoms with Crippen LogP contribution in [0.2, 0.25) is 0 Å². The molecule has 0 spiro atoms. The highest BCUT2D eigenvalue weighted by molar-refractivity contribution is 5.89. The topological polar surface area (TPSA) is 92.6 Å². The van der Waals surface area contributed by atoms with Gasteiger partial charge in [-0.25, -0.2) is 0 Å². The van der Waals surface area contributed by atoms with E-state index in [2.05, 4.69) is 5.32 Å². The summed E-state index contributed by atoms with van der Waals surface area (Å²) in [5, 5.41) is 14.3. The molecule has 0 unspecified atom stereocenters. The largest absolute Gasteiger partial charge is 0.352 e. The number of hydrogen-bond acceptors (Lipinski definition) is 4. The number of rotatable bonds is 11. The van der Waals surface area contributed by atoms with Gasteiger partial charge in [-0.15, -0.1) is 0 Å². The first kappa shape index (κ1) is 24.1. The highest BCUT2D eigenvalue weighted by Crippen LogP contribution is 2.20. The van der Waals surface area contributed by atoms with Crippen molar-refractivity contribution in [2.45, 2.75) is 58.5 Å². The Morgan fingerprint density at radius 1 is 1.03 bits per heavy atom. The van der Waals surface area contributed by atoms with E-state index in [1.807, 2.05) is 51.1 Å². The molecule has 0 saturated heterocycles. The zero-order valence-electron chi connectivity index (χ0n) is 18.4. The van der Waals surface area contributed by atoms with E-state index in [4.69, 9.17) is 0 Å². The lowest BCUT2D eigenvalue weighted by Crippen LogP contribution is -2.52. The summed E-state index contributed by atoms with van der Waals surface area (Å²) in [5.74, 6) is -0.489. The molecule has 0 bridgehead atoms. The molecule has 0 aromatic heterocycles. The minimum atomic E-state index is -0.631. The third-order valence-electron chi connectivity index (χ3n) is 5.40. The van der Waals surface area contributed by atoms with Crippen LogP contribution >= 0.6 is 0 Å². The Hall–Kier alpha value is -3.22. The van der Waals surface area contributed by atoms with E-state index in [1.165, 1.54) is 6.07 Å². The number of amides is 2. The Morgan fingerprint density at radius 3 is 2.29 bits per heavy atom. The van der Waals surface area contributed by atoms with Crippen molar-refractivity contribution in [3.05, 3.63) is 75.8 Å². The quantitative estimate of drug-likeness (QED) is 0.436. The molecule has 31 heavy (non-hydrogen) atoms. The summed E-state index contributed by atoms with van der Waals surface area (Å²) in [7, 11) is 0. The molecule has 0 aliphatic rings. The molecule has 2 aromatic carbocycles. The van der Waals surface area contributed by atoms with Crippen LogP contribution in [0.3, 0.4) is 0 Å². The molecule has 0 aliphatic carbocycles. The van der Waals surface area contributed by atoms with E-state index >= 15 is 0 Å². The van der Waals surface area contributed by atoms with Crippen molar-refractivity contribution in [1.82, 2.24) is 10.2 Å². The fraction of sp³-hybridized carbons (Fsp3) is 0.417. The maximum Gasteiger partial charge on any atom is 0.273 e. The van der Waals surface area contributed by atoms with Gasteiger partial charge in [0.2, 0.25) is 11.8 Å². The smallest absolute Gasteiger partial charge is 0.273 e. The lowest BCUT2D eigenvalue weighted by molar-refractivity contribution is -0.385. The third kappa shape index (κ3) is 6.91. The van der Waals surface area contributed by atoms with Crippen LogP contribution in [0, 0.1) is 10.1 Å². The van der Waals surface area contributed by atoms with Gasteiger partial charge in [0.25, 0.3) is 5.69 Å². The molecule has 0 aliphatic heterocycles. The first-order chi connectivity index (χ1) is 14.9. The second-order valence-electron chi connectivity index (χ2n) is 7.63. The summed E-state index contributed by atoms with van der Waals surface area (Å²) in [4.78, 5) is 38.6. The zero-order chi connectivity index (χ0) is 22.8. The Labute approximate surface area is 183 Å². The SMILES string of the molecule is CC[C@@H](C)NC(=O)[C@@H](CC)N(CCc1ccccc1)C(=O)Cc1ccccc1[N+](=O)[O-]. The first-order valence-electron chi connectivity index (χ1n) is 10.7. The highest BCUT2D eigenvalue weighted by atomic mass is 16.6. The van der Waals surface area contributed by atoms with Crippen molar-refractivity contribution >= 4 is 17.5 Å². The van der Waals surface area contributed by atoms with Crippen LogP contribution in [0.5, 0.6) is 0 Å². The summed E-state index contributed by atoms with van der Waals surface area (Å²) >= 11 is 0. The molecule has 0 heterocycles.